The Hall–Kier alpha value is -2.37. The predicted octanol–water partition coefficient (Wildman–Crippen LogP) is 2.47. The molecule has 1 aliphatic rings. The second kappa shape index (κ2) is 5.92. The first kappa shape index (κ1) is 16.5. The van der Waals surface area contributed by atoms with Crippen molar-refractivity contribution in [2.45, 2.75) is 27.7 Å². The van der Waals surface area contributed by atoms with E-state index in [9.17, 15) is 9.59 Å². The van der Waals surface area contributed by atoms with Crippen molar-refractivity contribution >= 4 is 22.9 Å². The third kappa shape index (κ3) is 3.13. The lowest BCUT2D eigenvalue weighted by molar-refractivity contribution is -0.140. The van der Waals surface area contributed by atoms with Crippen LogP contribution in [0.2, 0.25) is 0 Å². The van der Waals surface area contributed by atoms with Crippen LogP contribution in [-0.2, 0) is 4.79 Å². The Bertz CT molecular complexity index is 780. The number of hydrogen-bond donors (Lipinski definition) is 0. The molecule has 1 aliphatic heterocycles. The molecule has 0 N–H and O–H groups in total. The van der Waals surface area contributed by atoms with Crippen LogP contribution in [0.3, 0.4) is 0 Å². The van der Waals surface area contributed by atoms with Crippen LogP contribution in [0.4, 0.5) is 0 Å². The van der Waals surface area contributed by atoms with Crippen LogP contribution < -0.4 is 0 Å². The van der Waals surface area contributed by atoms with Crippen LogP contribution in [0.1, 0.15) is 37.0 Å². The molecule has 0 aliphatic carbocycles. The van der Waals surface area contributed by atoms with Crippen molar-refractivity contribution in [3.8, 4) is 0 Å². The number of rotatable bonds is 1. The fraction of sp³-hybridized carbons (Fsp3) is 0.500. The monoisotopic (exact) mass is 329 g/mol. The fourth-order valence-corrected chi connectivity index (χ4v) is 2.94. The Labute approximate surface area is 141 Å². The standard InChI is InChI=1S/C18H23N3O3/c1-12-19-14-6-5-13(11-15(14)24-12)16(22)20-7-9-21(10-8-20)17(23)18(2,3)4/h5-6,11H,7-10H2,1-4H3. The second-order valence-electron chi connectivity index (χ2n) is 7.25. The van der Waals surface area contributed by atoms with Crippen molar-refractivity contribution in [2.24, 2.45) is 5.41 Å². The summed E-state index contributed by atoms with van der Waals surface area (Å²) < 4.78 is 5.50. The van der Waals surface area contributed by atoms with E-state index in [1.807, 2.05) is 25.7 Å². The Kier molecular flexibility index (Phi) is 4.07. The molecule has 0 atom stereocenters. The molecule has 1 aromatic carbocycles. The van der Waals surface area contributed by atoms with E-state index < -0.39 is 0 Å². The molecule has 0 bridgehead atoms. The van der Waals surface area contributed by atoms with Crippen molar-refractivity contribution in [3.05, 3.63) is 29.7 Å². The maximum absolute atomic E-state index is 12.7. The quantitative estimate of drug-likeness (QED) is 0.806. The molecule has 128 valence electrons. The minimum absolute atomic E-state index is 0.0335. The van der Waals surface area contributed by atoms with Gasteiger partial charge in [0, 0.05) is 44.1 Å². The first-order valence-corrected chi connectivity index (χ1v) is 8.21. The zero-order valence-electron chi connectivity index (χ0n) is 14.6. The average Bonchev–Trinajstić information content (AvgIpc) is 2.91. The lowest BCUT2D eigenvalue weighted by Gasteiger charge is -2.37. The molecule has 3 rings (SSSR count). The summed E-state index contributed by atoms with van der Waals surface area (Å²) in [6.07, 6.45) is 0. The zero-order valence-corrected chi connectivity index (χ0v) is 14.6. The highest BCUT2D eigenvalue weighted by atomic mass is 16.3. The van der Waals surface area contributed by atoms with Gasteiger partial charge in [-0.05, 0) is 18.2 Å². The molecule has 1 saturated heterocycles. The number of nitrogens with zero attached hydrogens (tertiary/aromatic N) is 3. The van der Waals surface area contributed by atoms with Gasteiger partial charge in [-0.25, -0.2) is 4.98 Å². The summed E-state index contributed by atoms with van der Waals surface area (Å²) in [5, 5.41) is 0. The van der Waals surface area contributed by atoms with Gasteiger partial charge in [-0.15, -0.1) is 0 Å². The summed E-state index contributed by atoms with van der Waals surface area (Å²) in [5.41, 5.74) is 1.58. The number of hydrogen-bond acceptors (Lipinski definition) is 4. The maximum atomic E-state index is 12.7. The topological polar surface area (TPSA) is 66.7 Å². The normalized spacial score (nSPS) is 15.8. The van der Waals surface area contributed by atoms with Gasteiger partial charge in [-0.1, -0.05) is 20.8 Å². The number of amides is 2. The van der Waals surface area contributed by atoms with Crippen molar-refractivity contribution in [1.82, 2.24) is 14.8 Å². The lowest BCUT2D eigenvalue weighted by Crippen LogP contribution is -2.53. The molecule has 0 spiro atoms. The number of aromatic nitrogens is 1. The Balaban J connectivity index is 1.69. The van der Waals surface area contributed by atoms with E-state index in [-0.39, 0.29) is 17.2 Å². The third-order valence-corrected chi connectivity index (χ3v) is 4.24. The molecule has 6 heteroatoms. The molecule has 24 heavy (non-hydrogen) atoms. The molecule has 1 fully saturated rings. The lowest BCUT2D eigenvalue weighted by atomic mass is 9.94. The molecule has 2 amide bonds. The van der Waals surface area contributed by atoms with Crippen LogP contribution in [0.25, 0.3) is 11.1 Å². The molecule has 2 heterocycles. The van der Waals surface area contributed by atoms with E-state index >= 15 is 0 Å². The highest BCUT2D eigenvalue weighted by molar-refractivity contribution is 5.97. The smallest absolute Gasteiger partial charge is 0.254 e. The first-order chi connectivity index (χ1) is 11.3. The second-order valence-corrected chi connectivity index (χ2v) is 7.25. The number of benzene rings is 1. The third-order valence-electron chi connectivity index (χ3n) is 4.24. The van der Waals surface area contributed by atoms with E-state index in [4.69, 9.17) is 4.42 Å². The van der Waals surface area contributed by atoms with Gasteiger partial charge in [0.2, 0.25) is 5.91 Å². The number of carbonyl (C=O) groups is 2. The van der Waals surface area contributed by atoms with Gasteiger partial charge in [-0.3, -0.25) is 9.59 Å². The van der Waals surface area contributed by atoms with Crippen molar-refractivity contribution in [2.75, 3.05) is 26.2 Å². The summed E-state index contributed by atoms with van der Waals surface area (Å²) in [5.74, 6) is 0.686. The Morgan fingerprint density at radius 3 is 2.33 bits per heavy atom. The SMILES string of the molecule is Cc1nc2ccc(C(=O)N3CCN(C(=O)C(C)(C)C)CC3)cc2o1. The highest BCUT2D eigenvalue weighted by Crippen LogP contribution is 2.21. The Morgan fingerprint density at radius 1 is 1.08 bits per heavy atom. The van der Waals surface area contributed by atoms with Crippen LogP contribution >= 0.6 is 0 Å². The minimum Gasteiger partial charge on any atom is -0.441 e. The molecular formula is C18H23N3O3. The highest BCUT2D eigenvalue weighted by Gasteiger charge is 2.31. The summed E-state index contributed by atoms with van der Waals surface area (Å²) in [4.78, 5) is 32.9. The van der Waals surface area contributed by atoms with E-state index in [0.717, 1.165) is 5.52 Å². The van der Waals surface area contributed by atoms with Gasteiger partial charge in [-0.2, -0.15) is 0 Å². The van der Waals surface area contributed by atoms with E-state index in [0.29, 0.717) is 43.2 Å². The van der Waals surface area contributed by atoms with E-state index in [1.165, 1.54) is 0 Å². The van der Waals surface area contributed by atoms with Gasteiger partial charge in [0.15, 0.2) is 11.5 Å². The first-order valence-electron chi connectivity index (χ1n) is 8.21. The summed E-state index contributed by atoms with van der Waals surface area (Å²) >= 11 is 0. The summed E-state index contributed by atoms with van der Waals surface area (Å²) in [7, 11) is 0. The van der Waals surface area contributed by atoms with E-state index in [1.54, 1.807) is 30.0 Å². The van der Waals surface area contributed by atoms with Gasteiger partial charge in [0.25, 0.3) is 5.91 Å². The molecule has 0 unspecified atom stereocenters. The molecule has 0 saturated carbocycles. The summed E-state index contributed by atoms with van der Waals surface area (Å²) in [6.45, 7) is 9.79. The average molecular weight is 329 g/mol. The van der Waals surface area contributed by atoms with Crippen molar-refractivity contribution in [3.63, 3.8) is 0 Å². The van der Waals surface area contributed by atoms with E-state index in [2.05, 4.69) is 4.98 Å². The number of aryl methyl sites for hydroxylation is 1. The maximum Gasteiger partial charge on any atom is 0.254 e. The van der Waals surface area contributed by atoms with Crippen LogP contribution in [-0.4, -0.2) is 52.8 Å². The van der Waals surface area contributed by atoms with Crippen molar-refractivity contribution < 1.29 is 14.0 Å². The van der Waals surface area contributed by atoms with Crippen LogP contribution in [0, 0.1) is 12.3 Å². The summed E-state index contributed by atoms with van der Waals surface area (Å²) in [6, 6.07) is 5.32. The predicted molar refractivity (Wildman–Crippen MR) is 90.7 cm³/mol. The number of oxazole rings is 1. The number of fused-ring (bicyclic) bond motifs is 1. The molecular weight excluding hydrogens is 306 g/mol. The number of carbonyl (C=O) groups excluding carboxylic acids is 2. The minimum atomic E-state index is -0.388. The fourth-order valence-electron chi connectivity index (χ4n) is 2.94. The molecule has 2 aromatic rings. The van der Waals surface area contributed by atoms with Crippen molar-refractivity contribution in [1.29, 1.82) is 0 Å². The largest absolute Gasteiger partial charge is 0.441 e. The van der Waals surface area contributed by atoms with Gasteiger partial charge in [0.1, 0.15) is 5.52 Å². The number of piperazine rings is 1. The van der Waals surface area contributed by atoms with Gasteiger partial charge >= 0.3 is 0 Å². The Morgan fingerprint density at radius 2 is 1.71 bits per heavy atom. The van der Waals surface area contributed by atoms with Crippen LogP contribution in [0.5, 0.6) is 0 Å². The van der Waals surface area contributed by atoms with Gasteiger partial charge in [0.05, 0.1) is 0 Å². The molecule has 1 aromatic heterocycles. The molecule has 0 radical (unpaired) electrons. The van der Waals surface area contributed by atoms with Gasteiger partial charge < -0.3 is 14.2 Å². The van der Waals surface area contributed by atoms with Crippen LogP contribution in [0.15, 0.2) is 22.6 Å². The zero-order chi connectivity index (χ0) is 17.5. The molecule has 6 nitrogen and oxygen atoms in total.